The van der Waals surface area contributed by atoms with Crippen LogP contribution < -0.4 is 0 Å². The summed E-state index contributed by atoms with van der Waals surface area (Å²) in [6.45, 7) is 13.0. The second kappa shape index (κ2) is 11.3. The number of carbonyl (C=O) groups excluding carboxylic acids is 1. The molecule has 188 valence electrons. The molecule has 1 heterocycles. The fraction of sp³-hybridized carbons (Fsp3) is 0.944. The van der Waals surface area contributed by atoms with Crippen LogP contribution in [0.2, 0.25) is 56.9 Å². The highest BCUT2D eigenvalue weighted by Crippen LogP contribution is 2.42. The van der Waals surface area contributed by atoms with Gasteiger partial charge in [0.1, 0.15) is 6.42 Å². The molecular formula is C18H40F3NO5Si5. The van der Waals surface area contributed by atoms with Crippen LogP contribution in [-0.4, -0.2) is 74.6 Å². The first-order valence-corrected chi connectivity index (χ1v) is 23.7. The Morgan fingerprint density at radius 2 is 1.66 bits per heavy atom. The van der Waals surface area contributed by atoms with Crippen LogP contribution in [0.1, 0.15) is 32.1 Å². The van der Waals surface area contributed by atoms with Gasteiger partial charge in [0.15, 0.2) is 0 Å². The first-order valence-electron chi connectivity index (χ1n) is 11.6. The van der Waals surface area contributed by atoms with Gasteiger partial charge in [0.25, 0.3) is 27.9 Å². The summed E-state index contributed by atoms with van der Waals surface area (Å²) in [7, 11) is -7.79. The van der Waals surface area contributed by atoms with E-state index in [9.17, 15) is 18.0 Å². The zero-order chi connectivity index (χ0) is 24.3. The van der Waals surface area contributed by atoms with Crippen molar-refractivity contribution in [3.8, 4) is 0 Å². The van der Waals surface area contributed by atoms with Crippen LogP contribution in [0.3, 0.4) is 0 Å². The SMILES string of the molecule is CN(C(=O)CC(F)(F)F)C1CCCC([Si](C)(C)CC[Si]2(C)O[SiH](C)O[SiH](C)O[SiH](C)O2)C1. The van der Waals surface area contributed by atoms with Crippen LogP contribution >= 0.6 is 0 Å². The van der Waals surface area contributed by atoms with Gasteiger partial charge in [-0.3, -0.25) is 4.79 Å². The van der Waals surface area contributed by atoms with E-state index in [1.54, 1.807) is 0 Å². The van der Waals surface area contributed by atoms with E-state index in [0.717, 1.165) is 37.8 Å². The number of amides is 1. The monoisotopic (exact) mass is 547 g/mol. The third-order valence-electron chi connectivity index (χ3n) is 6.87. The fourth-order valence-corrected chi connectivity index (χ4v) is 25.5. The molecule has 2 rings (SSSR count). The normalized spacial score (nSPS) is 35.1. The Morgan fingerprint density at radius 3 is 2.19 bits per heavy atom. The summed E-state index contributed by atoms with van der Waals surface area (Å²) in [6, 6.07) is 1.83. The number of rotatable bonds is 6. The average Bonchev–Trinajstić information content (AvgIpc) is 2.63. The lowest BCUT2D eigenvalue weighted by Gasteiger charge is -2.43. The van der Waals surface area contributed by atoms with Crippen molar-refractivity contribution in [2.75, 3.05) is 7.05 Å². The summed E-state index contributed by atoms with van der Waals surface area (Å²) < 4.78 is 62.9. The maximum Gasteiger partial charge on any atom is 0.397 e. The zero-order valence-electron chi connectivity index (χ0n) is 20.5. The molecule has 0 aromatic carbocycles. The molecule has 0 N–H and O–H groups in total. The first kappa shape index (κ1) is 28.4. The van der Waals surface area contributed by atoms with Gasteiger partial charge in [0.2, 0.25) is 5.91 Å². The third-order valence-corrected chi connectivity index (χ3v) is 25.6. The number of nitrogens with zero attached hydrogens (tertiary/aromatic N) is 1. The van der Waals surface area contributed by atoms with E-state index < -0.39 is 63.0 Å². The van der Waals surface area contributed by atoms with Crippen LogP contribution in [0.15, 0.2) is 0 Å². The summed E-state index contributed by atoms with van der Waals surface area (Å²) in [5.74, 6) is -0.825. The molecule has 0 aromatic rings. The molecule has 2 aliphatic rings. The lowest BCUT2D eigenvalue weighted by molar-refractivity contribution is -0.162. The highest BCUT2D eigenvalue weighted by Gasteiger charge is 2.44. The van der Waals surface area contributed by atoms with Crippen molar-refractivity contribution in [1.82, 2.24) is 4.90 Å². The Kier molecular flexibility index (Phi) is 10.0. The van der Waals surface area contributed by atoms with Gasteiger partial charge < -0.3 is 21.4 Å². The van der Waals surface area contributed by atoms with E-state index in [0.29, 0.717) is 5.54 Å². The lowest BCUT2D eigenvalue weighted by Crippen LogP contribution is -2.54. The molecule has 14 heteroatoms. The smallest absolute Gasteiger partial charge is 0.397 e. The van der Waals surface area contributed by atoms with Gasteiger partial charge in [-0.2, -0.15) is 13.2 Å². The van der Waals surface area contributed by atoms with E-state index in [-0.39, 0.29) is 6.04 Å². The predicted molar refractivity (Wildman–Crippen MR) is 132 cm³/mol. The molecule has 1 amide bonds. The minimum absolute atomic E-state index is 0.106. The van der Waals surface area contributed by atoms with Crippen LogP contribution in [0.25, 0.3) is 0 Å². The van der Waals surface area contributed by atoms with Crippen LogP contribution in [0.4, 0.5) is 13.2 Å². The van der Waals surface area contributed by atoms with Crippen LogP contribution in [-0.2, 0) is 21.3 Å². The molecular weight excluding hydrogens is 508 g/mol. The van der Waals surface area contributed by atoms with Gasteiger partial charge in [-0.1, -0.05) is 32.0 Å². The molecule has 0 aromatic heterocycles. The minimum atomic E-state index is -4.46. The summed E-state index contributed by atoms with van der Waals surface area (Å²) in [5, 5.41) is 0. The van der Waals surface area contributed by atoms with Crippen molar-refractivity contribution in [2.24, 2.45) is 0 Å². The van der Waals surface area contributed by atoms with E-state index in [4.69, 9.17) is 16.5 Å². The number of hydrogen-bond donors (Lipinski definition) is 0. The maximum atomic E-state index is 12.7. The Hall–Kier alpha value is 0.184. The lowest BCUT2D eigenvalue weighted by atomic mass is 9.93. The predicted octanol–water partition coefficient (Wildman–Crippen LogP) is 4.12. The Labute approximate surface area is 197 Å². The molecule has 1 aliphatic carbocycles. The number of alkyl halides is 3. The zero-order valence-corrected chi connectivity index (χ0v) is 25.9. The molecule has 4 atom stereocenters. The van der Waals surface area contributed by atoms with Gasteiger partial charge in [-0.15, -0.1) is 0 Å². The minimum Gasteiger partial charge on any atom is -0.420 e. The number of hydrogen-bond acceptors (Lipinski definition) is 5. The highest BCUT2D eigenvalue weighted by molar-refractivity contribution is 6.84. The largest absolute Gasteiger partial charge is 0.420 e. The van der Waals surface area contributed by atoms with Gasteiger partial charge in [-0.05, 0) is 50.6 Å². The quantitative estimate of drug-likeness (QED) is 0.468. The molecule has 1 saturated carbocycles. The summed E-state index contributed by atoms with van der Waals surface area (Å²) in [4.78, 5) is 13.5. The van der Waals surface area contributed by atoms with Crippen molar-refractivity contribution in [3.63, 3.8) is 0 Å². The third kappa shape index (κ3) is 8.76. The summed E-state index contributed by atoms with van der Waals surface area (Å²) in [6.07, 6.45) is -2.22. The molecule has 0 radical (unpaired) electrons. The van der Waals surface area contributed by atoms with Gasteiger partial charge in [-0.25, -0.2) is 0 Å². The highest BCUT2D eigenvalue weighted by atomic mass is 28.5. The first-order chi connectivity index (χ1) is 14.6. The van der Waals surface area contributed by atoms with Crippen molar-refractivity contribution in [3.05, 3.63) is 0 Å². The van der Waals surface area contributed by atoms with Gasteiger partial charge >= 0.3 is 14.7 Å². The molecule has 2 fully saturated rings. The molecule has 4 unspecified atom stereocenters. The Balaban J connectivity index is 1.99. The van der Waals surface area contributed by atoms with Crippen LogP contribution in [0, 0.1) is 0 Å². The molecule has 0 bridgehead atoms. The standard InChI is InChI=1S/C18H40F3NO5Si5/c1-22(17(23)14-18(19,20)21)15-9-8-10-16(13-15)31(5,6)11-12-32(7)26-29(3)24-28(2)25-30(4)27-32/h15-16,28-30H,8-14H2,1-7H3. The average molecular weight is 548 g/mol. The summed E-state index contributed by atoms with van der Waals surface area (Å²) >= 11 is 0. The number of halogens is 3. The molecule has 6 nitrogen and oxygen atoms in total. The Bertz CT molecular complexity index is 631. The Morgan fingerprint density at radius 1 is 1.09 bits per heavy atom. The van der Waals surface area contributed by atoms with Crippen molar-refractivity contribution in [2.45, 2.75) is 101 Å². The van der Waals surface area contributed by atoms with E-state index in [1.807, 2.05) is 19.6 Å². The van der Waals surface area contributed by atoms with Gasteiger partial charge in [0.05, 0.1) is 8.07 Å². The molecule has 0 spiro atoms. The summed E-state index contributed by atoms with van der Waals surface area (Å²) in [5.41, 5.74) is 0.470. The molecule has 1 saturated heterocycles. The molecule has 1 aliphatic heterocycles. The number of carbonyl (C=O) groups is 1. The van der Waals surface area contributed by atoms with E-state index in [2.05, 4.69) is 19.6 Å². The molecule has 32 heavy (non-hydrogen) atoms. The van der Waals surface area contributed by atoms with Crippen molar-refractivity contribution in [1.29, 1.82) is 0 Å². The van der Waals surface area contributed by atoms with Crippen LogP contribution in [0.5, 0.6) is 0 Å². The topological polar surface area (TPSA) is 57.2 Å². The van der Waals surface area contributed by atoms with Gasteiger partial charge in [0, 0.05) is 13.1 Å². The second-order valence-corrected chi connectivity index (χ2v) is 25.7. The van der Waals surface area contributed by atoms with E-state index >= 15 is 0 Å². The van der Waals surface area contributed by atoms with Crippen molar-refractivity contribution < 1.29 is 34.4 Å². The fourth-order valence-electron chi connectivity index (χ4n) is 4.95. The van der Waals surface area contributed by atoms with E-state index in [1.165, 1.54) is 11.9 Å². The second-order valence-electron chi connectivity index (χ2n) is 10.1. The van der Waals surface area contributed by atoms with Crippen molar-refractivity contribution >= 4 is 50.4 Å². The maximum absolute atomic E-state index is 12.7.